The first kappa shape index (κ1) is 47.4. The molecule has 0 unspecified atom stereocenters. The minimum atomic E-state index is -0.883. The van der Waals surface area contributed by atoms with Gasteiger partial charge in [0, 0.05) is 38.4 Å². The van der Waals surface area contributed by atoms with Crippen molar-refractivity contribution in [2.75, 3.05) is 26.2 Å². The number of guanidine groups is 1. The predicted molar refractivity (Wildman–Crippen MR) is 234 cm³/mol. The van der Waals surface area contributed by atoms with Crippen LogP contribution in [0.25, 0.3) is 0 Å². The van der Waals surface area contributed by atoms with Crippen LogP contribution in [0.3, 0.4) is 0 Å². The second-order valence-electron chi connectivity index (χ2n) is 18.5. The average Bonchev–Trinajstić information content (AvgIpc) is 3.52. The Balaban J connectivity index is 0.908. The first-order valence-electron chi connectivity index (χ1n) is 24.3. The Labute approximate surface area is 356 Å². The van der Waals surface area contributed by atoms with Gasteiger partial charge in [0.15, 0.2) is 11.7 Å². The first-order valence-corrected chi connectivity index (χ1v) is 24.3. The summed E-state index contributed by atoms with van der Waals surface area (Å²) in [5.41, 5.74) is 9.58. The number of carbonyl (C=O) groups is 3. The Morgan fingerprint density at radius 2 is 1.53 bits per heavy atom. The molecule has 3 saturated heterocycles. The highest BCUT2D eigenvalue weighted by Gasteiger charge is 2.62. The van der Waals surface area contributed by atoms with E-state index in [0.29, 0.717) is 51.5 Å². The second-order valence-corrected chi connectivity index (χ2v) is 18.5. The van der Waals surface area contributed by atoms with Gasteiger partial charge in [-0.3, -0.25) is 14.4 Å². The molecule has 3 fully saturated rings. The lowest BCUT2D eigenvalue weighted by Crippen LogP contribution is -2.71. The smallest absolute Gasteiger partial charge is 0.316 e. The summed E-state index contributed by atoms with van der Waals surface area (Å²) in [6.07, 6.45) is 33.4. The number of primary amides is 1. The molecule has 7 atom stereocenters. The van der Waals surface area contributed by atoms with Crippen LogP contribution in [0.1, 0.15) is 194 Å². The van der Waals surface area contributed by atoms with Gasteiger partial charge in [0.25, 0.3) is 0 Å². The van der Waals surface area contributed by atoms with Gasteiger partial charge < -0.3 is 40.8 Å². The summed E-state index contributed by atoms with van der Waals surface area (Å²) in [6, 6.07) is 0.334. The number of ether oxygens (including phenoxy) is 3. The maximum atomic E-state index is 14.1. The minimum Gasteiger partial charge on any atom is -0.465 e. The summed E-state index contributed by atoms with van der Waals surface area (Å²) in [4.78, 5) is 47.4. The van der Waals surface area contributed by atoms with Crippen LogP contribution in [0.4, 0.5) is 0 Å². The van der Waals surface area contributed by atoms with Gasteiger partial charge in [0.1, 0.15) is 11.6 Å². The van der Waals surface area contributed by atoms with Crippen LogP contribution in [-0.2, 0) is 28.6 Å². The van der Waals surface area contributed by atoms with E-state index in [0.717, 1.165) is 95.9 Å². The van der Waals surface area contributed by atoms with Crippen molar-refractivity contribution in [2.24, 2.45) is 22.4 Å². The number of aliphatic imine (C=N–C) groups is 1. The van der Waals surface area contributed by atoms with E-state index in [2.05, 4.69) is 36.2 Å². The molecule has 2 amide bonds. The molecular formula is C47H82N6O6. The van der Waals surface area contributed by atoms with Crippen LogP contribution < -0.4 is 16.8 Å². The molecule has 0 aromatic carbocycles. The largest absolute Gasteiger partial charge is 0.465 e. The number of nitrogens with one attached hydrogen (secondary N) is 1. The lowest BCUT2D eigenvalue weighted by Gasteiger charge is -2.55. The number of nitrogens with zero attached hydrogens (tertiary/aromatic N) is 3. The van der Waals surface area contributed by atoms with Gasteiger partial charge in [-0.25, -0.2) is 4.99 Å². The summed E-state index contributed by atoms with van der Waals surface area (Å²) >= 11 is 0. The van der Waals surface area contributed by atoms with Crippen molar-refractivity contribution in [1.82, 2.24) is 15.1 Å². The lowest BCUT2D eigenvalue weighted by molar-refractivity contribution is -0.194. The van der Waals surface area contributed by atoms with Gasteiger partial charge in [0.05, 0.1) is 24.9 Å². The highest BCUT2D eigenvalue weighted by Crippen LogP contribution is 2.50. The van der Waals surface area contributed by atoms with Crippen molar-refractivity contribution in [3.63, 3.8) is 0 Å². The molecule has 5 aliphatic rings. The molecule has 336 valence electrons. The predicted octanol–water partition coefficient (Wildman–Crippen LogP) is 8.15. The van der Waals surface area contributed by atoms with E-state index in [-0.39, 0.29) is 36.0 Å². The first-order chi connectivity index (χ1) is 28.7. The zero-order chi connectivity index (χ0) is 41.9. The average molecular weight is 827 g/mol. The van der Waals surface area contributed by atoms with Crippen LogP contribution in [0, 0.1) is 5.92 Å². The SMILES string of the molecule is CC[C@H]1C=CCC[C@@]2(C[C@@H]3CC[C@@H]4[C@H](C(=O)OCCCCCCCCCCCCCCCCCC(=O)N(CCCN)CCCC(N)=O)[C@]5(CCC[C@@H](C)O5)N=C(N2)N34)O1. The third-order valence-corrected chi connectivity index (χ3v) is 13.6. The molecule has 0 aliphatic carbocycles. The van der Waals surface area contributed by atoms with Crippen LogP contribution >= 0.6 is 0 Å². The van der Waals surface area contributed by atoms with E-state index in [1.54, 1.807) is 0 Å². The number of hydrogen-bond donors (Lipinski definition) is 3. The number of allylic oxidation sites excluding steroid dienone is 1. The van der Waals surface area contributed by atoms with E-state index >= 15 is 0 Å². The number of unbranched alkanes of at least 4 members (excludes halogenated alkanes) is 14. The van der Waals surface area contributed by atoms with E-state index in [1.807, 2.05) is 4.90 Å². The summed E-state index contributed by atoms with van der Waals surface area (Å²) in [6.45, 7) is 6.58. The molecule has 5 aliphatic heterocycles. The van der Waals surface area contributed by atoms with Gasteiger partial charge in [0.2, 0.25) is 11.8 Å². The van der Waals surface area contributed by atoms with Gasteiger partial charge in [-0.05, 0) is 90.5 Å². The zero-order valence-electron chi connectivity index (χ0n) is 37.1. The molecule has 12 heteroatoms. The molecule has 5 rings (SSSR count). The fourth-order valence-electron chi connectivity index (χ4n) is 10.5. The van der Waals surface area contributed by atoms with Crippen molar-refractivity contribution in [2.45, 2.75) is 229 Å². The van der Waals surface area contributed by atoms with Crippen molar-refractivity contribution in [3.8, 4) is 0 Å². The molecule has 0 aromatic rings. The standard InChI is InChI=1S/C47H82N6O6/c1-3-39-25-18-19-30-46(59-39)36-38-28-29-40-43(47(31-21-24-37(2)58-47)51-45(50-46)53(38)40)44(56)57-35-20-16-14-12-10-8-6-4-5-7-9-11-13-15-17-27-42(55)52(34-23-32-48)33-22-26-41(49)54/h18,25,37-40,43H,3-17,19-24,26-36,48H2,1-2H3,(H2,49,54)(H,50,51)/t37-,38+,39+,40-,43-,46+,47-/m1/s1. The molecule has 2 spiro atoms. The molecule has 5 heterocycles. The number of nitrogens with two attached hydrogens (primary N) is 2. The highest BCUT2D eigenvalue weighted by atomic mass is 16.6. The summed E-state index contributed by atoms with van der Waals surface area (Å²) < 4.78 is 19.6. The highest BCUT2D eigenvalue weighted by molar-refractivity contribution is 5.87. The van der Waals surface area contributed by atoms with E-state index < -0.39 is 17.4 Å². The summed E-state index contributed by atoms with van der Waals surface area (Å²) in [5.74, 6) is 0.191. The maximum Gasteiger partial charge on any atom is 0.316 e. The zero-order valence-corrected chi connectivity index (χ0v) is 37.1. The molecule has 59 heavy (non-hydrogen) atoms. The van der Waals surface area contributed by atoms with Gasteiger partial charge in [-0.15, -0.1) is 0 Å². The molecule has 0 saturated carbocycles. The van der Waals surface area contributed by atoms with E-state index in [4.69, 9.17) is 30.7 Å². The summed E-state index contributed by atoms with van der Waals surface area (Å²) in [5, 5.41) is 3.80. The number of esters is 1. The Kier molecular flexibility index (Phi) is 19.8. The Bertz CT molecular complexity index is 1360. The number of carbonyl (C=O) groups excluding carboxylic acids is 3. The van der Waals surface area contributed by atoms with Crippen molar-refractivity contribution >= 4 is 23.7 Å². The molecular weight excluding hydrogens is 745 g/mol. The van der Waals surface area contributed by atoms with E-state index in [9.17, 15) is 14.4 Å². The van der Waals surface area contributed by atoms with E-state index in [1.165, 1.54) is 70.6 Å². The van der Waals surface area contributed by atoms with Gasteiger partial charge in [-0.2, -0.15) is 0 Å². The fraction of sp³-hybridized carbons (Fsp3) is 0.872. The number of amides is 2. The lowest BCUT2D eigenvalue weighted by atomic mass is 9.80. The monoisotopic (exact) mass is 827 g/mol. The Hall–Kier alpha value is -2.70. The van der Waals surface area contributed by atoms with Crippen molar-refractivity contribution in [3.05, 3.63) is 12.2 Å². The molecule has 5 N–H and O–H groups in total. The quantitative estimate of drug-likeness (QED) is 0.0422. The maximum absolute atomic E-state index is 14.1. The minimum absolute atomic E-state index is 0.0342. The van der Waals surface area contributed by atoms with Gasteiger partial charge in [-0.1, -0.05) is 103 Å². The van der Waals surface area contributed by atoms with Crippen LogP contribution in [0.5, 0.6) is 0 Å². The van der Waals surface area contributed by atoms with Crippen molar-refractivity contribution < 1.29 is 28.6 Å². The normalized spacial score (nSPS) is 28.6. The number of hydrogen-bond acceptors (Lipinski definition) is 10. The van der Waals surface area contributed by atoms with Gasteiger partial charge >= 0.3 is 5.97 Å². The van der Waals surface area contributed by atoms with Crippen molar-refractivity contribution in [1.29, 1.82) is 0 Å². The third kappa shape index (κ3) is 14.2. The summed E-state index contributed by atoms with van der Waals surface area (Å²) in [7, 11) is 0. The van der Waals surface area contributed by atoms with Crippen LogP contribution in [0.2, 0.25) is 0 Å². The molecule has 0 aromatic heterocycles. The number of rotatable bonds is 27. The van der Waals surface area contributed by atoms with Crippen LogP contribution in [0.15, 0.2) is 17.1 Å². The second kappa shape index (κ2) is 24.7. The molecule has 12 nitrogen and oxygen atoms in total. The Morgan fingerprint density at radius 1 is 0.864 bits per heavy atom. The molecule has 0 bridgehead atoms. The Morgan fingerprint density at radius 3 is 2.17 bits per heavy atom. The topological polar surface area (TPSA) is 162 Å². The fourth-order valence-corrected chi connectivity index (χ4v) is 10.5. The molecule has 0 radical (unpaired) electrons. The third-order valence-electron chi connectivity index (χ3n) is 13.6. The van der Waals surface area contributed by atoms with Crippen LogP contribution in [-0.4, -0.2) is 95.5 Å².